The van der Waals surface area contributed by atoms with Crippen molar-refractivity contribution in [3.63, 3.8) is 0 Å². The number of amides is 1. The Morgan fingerprint density at radius 1 is 1.03 bits per heavy atom. The van der Waals surface area contributed by atoms with Crippen molar-refractivity contribution in [1.82, 2.24) is 9.62 Å². The fourth-order valence-electron chi connectivity index (χ4n) is 3.42. The third kappa shape index (κ3) is 6.60. The second-order valence-electron chi connectivity index (χ2n) is 7.54. The lowest BCUT2D eigenvalue weighted by Crippen LogP contribution is -2.39. The number of sulfonamides is 1. The molecule has 0 radical (unpaired) electrons. The summed E-state index contributed by atoms with van der Waals surface area (Å²) in [5, 5.41) is 3.40. The number of rotatable bonds is 10. The number of halogens is 1. The largest absolute Gasteiger partial charge is 0.492 e. The molecule has 0 saturated carbocycles. The Hall–Kier alpha value is -2.29. The average molecular weight is 481 g/mol. The summed E-state index contributed by atoms with van der Waals surface area (Å²) in [6.07, 6.45) is 2.77. The number of hydrogen-bond donors (Lipinski definition) is 1. The van der Waals surface area contributed by atoms with Gasteiger partial charge >= 0.3 is 0 Å². The third-order valence-corrected chi connectivity index (χ3v) is 7.37. The predicted octanol–water partition coefficient (Wildman–Crippen LogP) is 3.87. The molecule has 0 aliphatic carbocycles. The fraction of sp³-hybridized carbons (Fsp3) is 0.435. The Morgan fingerprint density at radius 2 is 1.66 bits per heavy atom. The molecule has 9 heteroatoms. The van der Waals surface area contributed by atoms with Crippen LogP contribution in [-0.4, -0.2) is 51.0 Å². The lowest BCUT2D eigenvalue weighted by atomic mass is 10.2. The SMILES string of the molecule is CC[C@@H](Oc1ccc(Cl)cc1)C(=O)NCCOc1ccc(S(=O)(=O)N2CCCCC2)cc1. The van der Waals surface area contributed by atoms with Crippen LogP contribution in [0.1, 0.15) is 32.6 Å². The topological polar surface area (TPSA) is 84.9 Å². The summed E-state index contributed by atoms with van der Waals surface area (Å²) in [4.78, 5) is 12.6. The van der Waals surface area contributed by atoms with Crippen LogP contribution < -0.4 is 14.8 Å². The zero-order chi connectivity index (χ0) is 23.0. The molecule has 2 aromatic rings. The summed E-state index contributed by atoms with van der Waals surface area (Å²) >= 11 is 5.87. The Labute approximate surface area is 194 Å². The summed E-state index contributed by atoms with van der Waals surface area (Å²) in [5.41, 5.74) is 0. The van der Waals surface area contributed by atoms with E-state index in [9.17, 15) is 13.2 Å². The molecule has 0 unspecified atom stereocenters. The number of carbonyl (C=O) groups is 1. The molecule has 1 saturated heterocycles. The second kappa shape index (κ2) is 11.5. The highest BCUT2D eigenvalue weighted by Crippen LogP contribution is 2.22. The molecule has 1 atom stereocenters. The molecular weight excluding hydrogens is 452 g/mol. The molecule has 3 rings (SSSR count). The maximum atomic E-state index is 12.7. The van der Waals surface area contributed by atoms with E-state index in [4.69, 9.17) is 21.1 Å². The van der Waals surface area contributed by atoms with Crippen LogP contribution in [0.15, 0.2) is 53.4 Å². The van der Waals surface area contributed by atoms with Crippen molar-refractivity contribution in [2.45, 2.75) is 43.6 Å². The molecule has 32 heavy (non-hydrogen) atoms. The summed E-state index contributed by atoms with van der Waals surface area (Å²) in [7, 11) is -3.46. The number of benzene rings is 2. The van der Waals surface area contributed by atoms with Crippen molar-refractivity contribution in [1.29, 1.82) is 0 Å². The minimum Gasteiger partial charge on any atom is -0.492 e. The van der Waals surface area contributed by atoms with Gasteiger partial charge in [0, 0.05) is 18.1 Å². The summed E-state index contributed by atoms with van der Waals surface area (Å²) in [5.74, 6) is 0.891. The summed E-state index contributed by atoms with van der Waals surface area (Å²) < 4.78 is 38.3. The molecule has 0 spiro atoms. The standard InChI is InChI=1S/C23H29ClN2O5S/c1-2-22(31-20-8-6-18(24)7-9-20)23(27)25-14-17-30-19-10-12-21(13-11-19)32(28,29)26-15-4-3-5-16-26/h6-13,22H,2-5,14-17H2,1H3,(H,25,27)/t22-/m1/s1. The first-order valence-electron chi connectivity index (χ1n) is 10.8. The monoisotopic (exact) mass is 480 g/mol. The number of carbonyl (C=O) groups excluding carboxylic acids is 1. The van der Waals surface area contributed by atoms with Crippen LogP contribution in [0.4, 0.5) is 0 Å². The first kappa shape index (κ1) is 24.4. The van der Waals surface area contributed by atoms with Crippen molar-refractivity contribution in [3.05, 3.63) is 53.6 Å². The Bertz CT molecular complexity index is 974. The highest BCUT2D eigenvalue weighted by Gasteiger charge is 2.25. The van der Waals surface area contributed by atoms with E-state index in [1.165, 1.54) is 4.31 Å². The van der Waals surface area contributed by atoms with Crippen LogP contribution in [0.3, 0.4) is 0 Å². The van der Waals surface area contributed by atoms with E-state index < -0.39 is 16.1 Å². The van der Waals surface area contributed by atoms with E-state index in [0.29, 0.717) is 42.6 Å². The van der Waals surface area contributed by atoms with E-state index in [1.807, 2.05) is 6.92 Å². The van der Waals surface area contributed by atoms with Gasteiger partial charge in [-0.1, -0.05) is 24.9 Å². The normalized spacial score (nSPS) is 15.7. The van der Waals surface area contributed by atoms with Gasteiger partial charge < -0.3 is 14.8 Å². The summed E-state index contributed by atoms with van der Waals surface area (Å²) in [6, 6.07) is 13.2. The van der Waals surface area contributed by atoms with Crippen molar-refractivity contribution in [2.75, 3.05) is 26.2 Å². The number of nitrogens with one attached hydrogen (secondary N) is 1. The molecule has 1 N–H and O–H groups in total. The van der Waals surface area contributed by atoms with Crippen molar-refractivity contribution >= 4 is 27.5 Å². The molecule has 0 aromatic heterocycles. The summed E-state index contributed by atoms with van der Waals surface area (Å²) in [6.45, 7) is 3.56. The van der Waals surface area contributed by atoms with Crippen LogP contribution in [-0.2, 0) is 14.8 Å². The van der Waals surface area contributed by atoms with Gasteiger partial charge in [-0.3, -0.25) is 4.79 Å². The fourth-order valence-corrected chi connectivity index (χ4v) is 5.06. The minimum absolute atomic E-state index is 0.228. The molecule has 7 nitrogen and oxygen atoms in total. The van der Waals surface area contributed by atoms with Gasteiger partial charge in [0.05, 0.1) is 11.4 Å². The molecule has 2 aromatic carbocycles. The molecule has 174 valence electrons. The van der Waals surface area contributed by atoms with Gasteiger partial charge in [0.2, 0.25) is 10.0 Å². The molecule has 0 bridgehead atoms. The highest BCUT2D eigenvalue weighted by atomic mass is 35.5. The molecule has 1 aliphatic rings. The first-order chi connectivity index (χ1) is 15.4. The number of hydrogen-bond acceptors (Lipinski definition) is 5. The zero-order valence-corrected chi connectivity index (χ0v) is 19.7. The van der Waals surface area contributed by atoms with Gasteiger partial charge in [0.1, 0.15) is 18.1 Å². The van der Waals surface area contributed by atoms with Crippen LogP contribution >= 0.6 is 11.6 Å². The van der Waals surface area contributed by atoms with E-state index >= 15 is 0 Å². The van der Waals surface area contributed by atoms with Gasteiger partial charge in [0.15, 0.2) is 6.10 Å². The van der Waals surface area contributed by atoms with Crippen LogP contribution in [0.2, 0.25) is 5.02 Å². The Balaban J connectivity index is 1.44. The molecule has 1 fully saturated rings. The van der Waals surface area contributed by atoms with Crippen molar-refractivity contribution < 1.29 is 22.7 Å². The predicted molar refractivity (Wildman–Crippen MR) is 124 cm³/mol. The average Bonchev–Trinajstić information content (AvgIpc) is 2.82. The van der Waals surface area contributed by atoms with E-state index in [1.54, 1.807) is 48.5 Å². The van der Waals surface area contributed by atoms with Crippen LogP contribution in [0.5, 0.6) is 11.5 Å². The van der Waals surface area contributed by atoms with Crippen LogP contribution in [0.25, 0.3) is 0 Å². The second-order valence-corrected chi connectivity index (χ2v) is 9.92. The number of piperidine rings is 1. The zero-order valence-electron chi connectivity index (χ0n) is 18.1. The van der Waals surface area contributed by atoms with Crippen molar-refractivity contribution in [2.24, 2.45) is 0 Å². The van der Waals surface area contributed by atoms with Crippen molar-refractivity contribution in [3.8, 4) is 11.5 Å². The van der Waals surface area contributed by atoms with E-state index in [2.05, 4.69) is 5.32 Å². The quantitative estimate of drug-likeness (QED) is 0.522. The maximum absolute atomic E-state index is 12.7. The maximum Gasteiger partial charge on any atom is 0.261 e. The smallest absolute Gasteiger partial charge is 0.261 e. The lowest BCUT2D eigenvalue weighted by Gasteiger charge is -2.25. The van der Waals surface area contributed by atoms with Gasteiger partial charge in [-0.25, -0.2) is 8.42 Å². The Morgan fingerprint density at radius 3 is 2.28 bits per heavy atom. The van der Waals surface area contributed by atoms with Gasteiger partial charge in [-0.05, 0) is 67.8 Å². The van der Waals surface area contributed by atoms with E-state index in [0.717, 1.165) is 19.3 Å². The molecule has 1 amide bonds. The third-order valence-electron chi connectivity index (χ3n) is 5.20. The highest BCUT2D eigenvalue weighted by molar-refractivity contribution is 7.89. The number of ether oxygens (including phenoxy) is 2. The number of nitrogens with zero attached hydrogens (tertiary/aromatic N) is 1. The molecule has 1 aliphatic heterocycles. The van der Waals surface area contributed by atoms with Gasteiger partial charge in [0.25, 0.3) is 5.91 Å². The first-order valence-corrected chi connectivity index (χ1v) is 12.6. The van der Waals surface area contributed by atoms with Crippen LogP contribution in [0, 0.1) is 0 Å². The lowest BCUT2D eigenvalue weighted by molar-refractivity contribution is -0.128. The Kier molecular flexibility index (Phi) is 8.78. The molecule has 1 heterocycles. The van der Waals surface area contributed by atoms with E-state index in [-0.39, 0.29) is 17.4 Å². The van der Waals surface area contributed by atoms with Gasteiger partial charge in [-0.2, -0.15) is 4.31 Å². The minimum atomic E-state index is -3.46. The van der Waals surface area contributed by atoms with Gasteiger partial charge in [-0.15, -0.1) is 0 Å². The molecular formula is C23H29ClN2O5S.